The molecule has 0 N–H and O–H groups in total. The normalized spacial score (nSPS) is 15.0. The van der Waals surface area contributed by atoms with Crippen LogP contribution in [0.5, 0.6) is 0 Å². The van der Waals surface area contributed by atoms with Gasteiger partial charge in [-0.15, -0.1) is 0 Å². The first-order chi connectivity index (χ1) is 14.6. The van der Waals surface area contributed by atoms with Crippen LogP contribution in [0.3, 0.4) is 0 Å². The summed E-state index contributed by atoms with van der Waals surface area (Å²) in [6.07, 6.45) is 7.66. The zero-order valence-electron chi connectivity index (χ0n) is 17.3. The Balaban J connectivity index is 1.46. The van der Waals surface area contributed by atoms with Crippen LogP contribution in [0.25, 0.3) is 10.9 Å². The first-order valence-corrected chi connectivity index (χ1v) is 10.7. The second-order valence-electron chi connectivity index (χ2n) is 7.96. The molecule has 1 aliphatic heterocycles. The molecule has 1 amide bonds. The predicted octanol–water partition coefficient (Wildman–Crippen LogP) is 5.35. The van der Waals surface area contributed by atoms with Gasteiger partial charge in [0.1, 0.15) is 4.92 Å². The standard InChI is InChI=1S/C23H27N3O4/c1-2-3-6-13-25-16-19(18-7-4-5-8-20(18)25)17-11-14-24(15-12-17)23(27)21-9-10-22(30-21)26(28)29/h4-5,7-10,16-17H,2-3,6,11-15H2,1H3. The van der Waals surface area contributed by atoms with E-state index in [1.54, 1.807) is 4.90 Å². The number of rotatable bonds is 7. The fourth-order valence-corrected chi connectivity index (χ4v) is 4.41. The number of carbonyl (C=O) groups excluding carboxylic acids is 1. The van der Waals surface area contributed by atoms with Crippen molar-refractivity contribution in [2.24, 2.45) is 0 Å². The van der Waals surface area contributed by atoms with E-state index in [1.807, 2.05) is 0 Å². The summed E-state index contributed by atoms with van der Waals surface area (Å²) < 4.78 is 7.46. The maximum Gasteiger partial charge on any atom is 0.433 e. The van der Waals surface area contributed by atoms with Gasteiger partial charge >= 0.3 is 5.88 Å². The molecule has 3 aromatic rings. The molecular weight excluding hydrogens is 382 g/mol. The van der Waals surface area contributed by atoms with Crippen molar-refractivity contribution in [3.05, 3.63) is 64.0 Å². The number of furan rings is 1. The highest BCUT2D eigenvalue weighted by atomic mass is 16.6. The van der Waals surface area contributed by atoms with E-state index in [-0.39, 0.29) is 11.7 Å². The maximum absolute atomic E-state index is 12.6. The number of aryl methyl sites for hydroxylation is 1. The molecule has 2 aromatic heterocycles. The molecule has 7 heteroatoms. The third-order valence-corrected chi connectivity index (χ3v) is 6.03. The Bertz CT molecular complexity index is 1040. The highest BCUT2D eigenvalue weighted by Gasteiger charge is 2.29. The average Bonchev–Trinajstić information content (AvgIpc) is 3.40. The van der Waals surface area contributed by atoms with Crippen LogP contribution >= 0.6 is 0 Å². The quantitative estimate of drug-likeness (QED) is 0.299. The number of benzene rings is 1. The second kappa shape index (κ2) is 8.73. The molecule has 0 aliphatic carbocycles. The van der Waals surface area contributed by atoms with E-state index in [9.17, 15) is 14.9 Å². The Kier molecular flexibility index (Phi) is 5.88. The van der Waals surface area contributed by atoms with Crippen molar-refractivity contribution in [2.75, 3.05) is 13.1 Å². The number of hydrogen-bond donors (Lipinski definition) is 0. The van der Waals surface area contributed by atoms with Gasteiger partial charge in [-0.05, 0) is 42.9 Å². The number of para-hydroxylation sites is 1. The van der Waals surface area contributed by atoms with Crippen LogP contribution in [0.15, 0.2) is 47.0 Å². The van der Waals surface area contributed by atoms with Crippen molar-refractivity contribution >= 4 is 22.7 Å². The van der Waals surface area contributed by atoms with E-state index in [2.05, 4.69) is 42.0 Å². The summed E-state index contributed by atoms with van der Waals surface area (Å²) in [4.78, 5) is 24.5. The van der Waals surface area contributed by atoms with Gasteiger partial charge in [0.05, 0.1) is 6.07 Å². The highest BCUT2D eigenvalue weighted by Crippen LogP contribution is 2.35. The Morgan fingerprint density at radius 3 is 2.63 bits per heavy atom. The lowest BCUT2D eigenvalue weighted by Gasteiger charge is -2.31. The van der Waals surface area contributed by atoms with Crippen LogP contribution in [0.4, 0.5) is 5.88 Å². The van der Waals surface area contributed by atoms with Crippen LogP contribution in [-0.2, 0) is 6.54 Å². The van der Waals surface area contributed by atoms with Crippen molar-refractivity contribution in [1.82, 2.24) is 9.47 Å². The van der Waals surface area contributed by atoms with E-state index in [0.717, 1.165) is 19.4 Å². The van der Waals surface area contributed by atoms with E-state index < -0.39 is 10.8 Å². The third-order valence-electron chi connectivity index (χ3n) is 6.03. The van der Waals surface area contributed by atoms with Crippen molar-refractivity contribution in [2.45, 2.75) is 51.5 Å². The first-order valence-electron chi connectivity index (χ1n) is 10.7. The van der Waals surface area contributed by atoms with Gasteiger partial charge in [0.2, 0.25) is 0 Å². The minimum Gasteiger partial charge on any atom is -0.395 e. The monoisotopic (exact) mass is 409 g/mol. The van der Waals surface area contributed by atoms with Gasteiger partial charge in [-0.25, -0.2) is 0 Å². The minimum atomic E-state index is -0.626. The van der Waals surface area contributed by atoms with Crippen LogP contribution < -0.4 is 0 Å². The molecule has 1 fully saturated rings. The van der Waals surface area contributed by atoms with Gasteiger partial charge in [0.25, 0.3) is 5.91 Å². The van der Waals surface area contributed by atoms with Crippen molar-refractivity contribution in [3.8, 4) is 0 Å². The Morgan fingerprint density at radius 1 is 1.17 bits per heavy atom. The number of nitro groups is 1. The highest BCUT2D eigenvalue weighted by molar-refractivity contribution is 5.92. The number of aromatic nitrogens is 1. The Hall–Kier alpha value is -3.09. The molecule has 0 atom stereocenters. The molecule has 30 heavy (non-hydrogen) atoms. The number of likely N-dealkylation sites (tertiary alicyclic amines) is 1. The van der Waals surface area contributed by atoms with Gasteiger partial charge in [0.15, 0.2) is 5.76 Å². The summed E-state index contributed by atoms with van der Waals surface area (Å²) in [5, 5.41) is 12.1. The topological polar surface area (TPSA) is 81.5 Å². The maximum atomic E-state index is 12.6. The summed E-state index contributed by atoms with van der Waals surface area (Å²) in [5.74, 6) is -0.238. The van der Waals surface area contributed by atoms with Gasteiger partial charge in [-0.2, -0.15) is 0 Å². The van der Waals surface area contributed by atoms with Crippen molar-refractivity contribution in [1.29, 1.82) is 0 Å². The second-order valence-corrected chi connectivity index (χ2v) is 7.96. The van der Waals surface area contributed by atoms with Crippen LogP contribution in [-0.4, -0.2) is 33.4 Å². The number of piperidine rings is 1. The molecule has 0 spiro atoms. The van der Waals surface area contributed by atoms with Gasteiger partial charge in [-0.3, -0.25) is 14.9 Å². The zero-order chi connectivity index (χ0) is 21.1. The lowest BCUT2D eigenvalue weighted by Crippen LogP contribution is -2.37. The number of carbonyl (C=O) groups is 1. The number of nitrogens with zero attached hydrogens (tertiary/aromatic N) is 3. The molecule has 7 nitrogen and oxygen atoms in total. The molecule has 0 saturated carbocycles. The van der Waals surface area contributed by atoms with Gasteiger partial charge in [0, 0.05) is 36.7 Å². The van der Waals surface area contributed by atoms with Gasteiger partial charge < -0.3 is 13.9 Å². The zero-order valence-corrected chi connectivity index (χ0v) is 17.3. The number of unbranched alkanes of at least 4 members (excludes halogenated alkanes) is 2. The lowest BCUT2D eigenvalue weighted by molar-refractivity contribution is -0.402. The molecule has 1 saturated heterocycles. The molecule has 0 unspecified atom stereocenters. The van der Waals surface area contributed by atoms with Crippen LogP contribution in [0.2, 0.25) is 0 Å². The SMILES string of the molecule is CCCCCn1cc(C2CCN(C(=O)c3ccc([N+](=O)[O-])o3)CC2)c2ccccc21. The van der Waals surface area contributed by atoms with E-state index in [1.165, 1.54) is 47.9 Å². The van der Waals surface area contributed by atoms with Gasteiger partial charge in [-0.1, -0.05) is 38.0 Å². The summed E-state index contributed by atoms with van der Waals surface area (Å²) in [7, 11) is 0. The van der Waals surface area contributed by atoms with E-state index >= 15 is 0 Å². The fourth-order valence-electron chi connectivity index (χ4n) is 4.41. The summed E-state index contributed by atoms with van der Waals surface area (Å²) in [6.45, 7) is 4.48. The number of fused-ring (bicyclic) bond motifs is 1. The summed E-state index contributed by atoms with van der Waals surface area (Å²) in [5.41, 5.74) is 2.65. The number of amides is 1. The molecule has 0 bridgehead atoms. The third kappa shape index (κ3) is 3.97. The smallest absolute Gasteiger partial charge is 0.395 e. The Labute approximate surface area is 175 Å². The van der Waals surface area contributed by atoms with E-state index in [4.69, 9.17) is 4.42 Å². The lowest BCUT2D eigenvalue weighted by atomic mass is 9.89. The van der Waals surface area contributed by atoms with E-state index in [0.29, 0.717) is 19.0 Å². The van der Waals surface area contributed by atoms with Crippen LogP contribution in [0, 0.1) is 10.1 Å². The molecular formula is C23H27N3O4. The largest absolute Gasteiger partial charge is 0.433 e. The van der Waals surface area contributed by atoms with Crippen molar-refractivity contribution in [3.63, 3.8) is 0 Å². The molecule has 0 radical (unpaired) electrons. The predicted molar refractivity (Wildman–Crippen MR) is 115 cm³/mol. The molecule has 158 valence electrons. The summed E-state index contributed by atoms with van der Waals surface area (Å²) >= 11 is 0. The summed E-state index contributed by atoms with van der Waals surface area (Å²) in [6, 6.07) is 11.2. The first kappa shape index (κ1) is 20.2. The molecule has 4 rings (SSSR count). The van der Waals surface area contributed by atoms with Crippen LogP contribution in [0.1, 0.15) is 61.1 Å². The number of hydrogen-bond acceptors (Lipinski definition) is 4. The van der Waals surface area contributed by atoms with Crippen molar-refractivity contribution < 1.29 is 14.1 Å². The minimum absolute atomic E-state index is 0.0349. The average molecular weight is 409 g/mol. The molecule has 1 aromatic carbocycles. The fraction of sp³-hybridized carbons (Fsp3) is 0.435. The Morgan fingerprint density at radius 2 is 1.93 bits per heavy atom. The molecule has 3 heterocycles. The molecule has 1 aliphatic rings.